The van der Waals surface area contributed by atoms with Gasteiger partial charge in [-0.2, -0.15) is 0 Å². The summed E-state index contributed by atoms with van der Waals surface area (Å²) in [6.45, 7) is 5.90. The van der Waals surface area contributed by atoms with Gasteiger partial charge in [0.15, 0.2) is 5.78 Å². The normalized spacial score (nSPS) is 25.8. The molecule has 2 aromatic rings. The van der Waals surface area contributed by atoms with Crippen molar-refractivity contribution in [3.63, 3.8) is 0 Å². The van der Waals surface area contributed by atoms with Crippen LogP contribution in [0.1, 0.15) is 24.8 Å². The molecular weight excluding hydrogens is 436 g/mol. The van der Waals surface area contributed by atoms with E-state index in [0.29, 0.717) is 10.6 Å². The molecule has 0 N–H and O–H groups in total. The van der Waals surface area contributed by atoms with E-state index in [-0.39, 0.29) is 23.9 Å². The molecule has 0 spiro atoms. The lowest BCUT2D eigenvalue weighted by molar-refractivity contribution is -0.128. The molecule has 0 amide bonds. The van der Waals surface area contributed by atoms with Crippen molar-refractivity contribution >= 4 is 28.6 Å². The second kappa shape index (κ2) is 10.3. The van der Waals surface area contributed by atoms with Crippen molar-refractivity contribution in [1.82, 2.24) is 4.90 Å². The van der Waals surface area contributed by atoms with Crippen molar-refractivity contribution in [2.24, 2.45) is 5.92 Å². The number of rotatable bonds is 6. The molecule has 3 unspecified atom stereocenters. The third-order valence-electron chi connectivity index (χ3n) is 7.12. The number of nitrogens with zero attached hydrogens (tertiary/aromatic N) is 2. The maximum Gasteiger partial charge on any atom is 0.173 e. The Morgan fingerprint density at radius 1 is 0.970 bits per heavy atom. The summed E-state index contributed by atoms with van der Waals surface area (Å²) < 4.78 is 12.2. The number of benzene rings is 2. The number of piperazine rings is 1. The Balaban J connectivity index is 1.07. The Hall–Kier alpha value is -2.34. The fourth-order valence-electron chi connectivity index (χ4n) is 5.16. The fraction of sp³-hybridized carbons (Fsp3) is 0.444. The summed E-state index contributed by atoms with van der Waals surface area (Å²) >= 11 is 5.98. The minimum absolute atomic E-state index is 0.0772. The van der Waals surface area contributed by atoms with Gasteiger partial charge in [-0.15, -0.1) is 0 Å². The SMILES string of the molecule is O=C1C(c2ccc(Cl)cc2)=COC2CC(OCCN3CCN(c4ccccc4)CC3)CCC12. The van der Waals surface area contributed by atoms with E-state index in [9.17, 15) is 4.79 Å². The lowest BCUT2D eigenvalue weighted by Gasteiger charge is -2.38. The highest BCUT2D eigenvalue weighted by molar-refractivity contribution is 6.30. The Bertz CT molecular complexity index is 971. The molecular formula is C27H31ClN2O3. The minimum atomic E-state index is -0.0817. The van der Waals surface area contributed by atoms with Crippen LogP contribution >= 0.6 is 11.6 Å². The van der Waals surface area contributed by atoms with E-state index >= 15 is 0 Å². The molecule has 174 valence electrons. The molecule has 2 aliphatic heterocycles. The molecule has 0 bridgehead atoms. The highest BCUT2D eigenvalue weighted by Crippen LogP contribution is 2.37. The topological polar surface area (TPSA) is 42.0 Å². The first-order valence-electron chi connectivity index (χ1n) is 12.0. The zero-order chi connectivity index (χ0) is 22.6. The predicted molar refractivity (Wildman–Crippen MR) is 131 cm³/mol. The number of anilines is 1. The van der Waals surface area contributed by atoms with E-state index in [1.54, 1.807) is 6.26 Å². The van der Waals surface area contributed by atoms with E-state index < -0.39 is 0 Å². The molecule has 2 aromatic carbocycles. The molecule has 5 rings (SSSR count). The van der Waals surface area contributed by atoms with Crippen LogP contribution in [0, 0.1) is 5.92 Å². The number of fused-ring (bicyclic) bond motifs is 1. The van der Waals surface area contributed by atoms with Crippen LogP contribution in [0.5, 0.6) is 0 Å². The number of ether oxygens (including phenoxy) is 2. The van der Waals surface area contributed by atoms with Crippen molar-refractivity contribution < 1.29 is 14.3 Å². The summed E-state index contributed by atoms with van der Waals surface area (Å²) in [5.41, 5.74) is 2.83. The van der Waals surface area contributed by atoms with Gasteiger partial charge in [0, 0.05) is 49.9 Å². The van der Waals surface area contributed by atoms with Crippen LogP contribution in [-0.2, 0) is 14.3 Å². The zero-order valence-electron chi connectivity index (χ0n) is 18.9. The standard InChI is InChI=1S/C27H31ClN2O3/c28-21-8-6-20(7-9-21)25-19-33-26-18-23(10-11-24(26)27(25)31)32-17-16-29-12-14-30(15-13-29)22-4-2-1-3-5-22/h1-9,19,23-24,26H,10-18H2. The van der Waals surface area contributed by atoms with Crippen LogP contribution in [0.25, 0.3) is 5.57 Å². The van der Waals surface area contributed by atoms with Crippen LogP contribution in [0.4, 0.5) is 5.69 Å². The van der Waals surface area contributed by atoms with Gasteiger partial charge in [-0.3, -0.25) is 9.69 Å². The Morgan fingerprint density at radius 3 is 2.48 bits per heavy atom. The van der Waals surface area contributed by atoms with Crippen molar-refractivity contribution in [1.29, 1.82) is 0 Å². The van der Waals surface area contributed by atoms with Gasteiger partial charge in [-0.05, 0) is 42.7 Å². The second-order valence-corrected chi connectivity index (χ2v) is 9.59. The van der Waals surface area contributed by atoms with Gasteiger partial charge in [-0.25, -0.2) is 0 Å². The molecule has 2 fully saturated rings. The van der Waals surface area contributed by atoms with E-state index in [2.05, 4.69) is 40.1 Å². The highest BCUT2D eigenvalue weighted by Gasteiger charge is 2.40. The average molecular weight is 467 g/mol. The smallest absolute Gasteiger partial charge is 0.173 e. The third-order valence-corrected chi connectivity index (χ3v) is 7.37. The largest absolute Gasteiger partial charge is 0.496 e. The lowest BCUT2D eigenvalue weighted by atomic mass is 9.78. The quantitative estimate of drug-likeness (QED) is 0.619. The second-order valence-electron chi connectivity index (χ2n) is 9.15. The maximum atomic E-state index is 13.1. The summed E-state index contributed by atoms with van der Waals surface area (Å²) in [4.78, 5) is 18.0. The molecule has 6 heteroatoms. The molecule has 1 saturated carbocycles. The van der Waals surface area contributed by atoms with E-state index in [0.717, 1.165) is 64.2 Å². The van der Waals surface area contributed by atoms with E-state index in [1.807, 2.05) is 24.3 Å². The van der Waals surface area contributed by atoms with Crippen LogP contribution in [0.3, 0.4) is 0 Å². The number of Topliss-reactive ketones (excluding diaryl/α,β-unsaturated/α-hetero) is 1. The van der Waals surface area contributed by atoms with Crippen molar-refractivity contribution in [2.45, 2.75) is 31.5 Å². The van der Waals surface area contributed by atoms with Crippen LogP contribution in [-0.4, -0.2) is 62.2 Å². The summed E-state index contributed by atoms with van der Waals surface area (Å²) in [5.74, 6) is 0.106. The number of halogens is 1. The third kappa shape index (κ3) is 5.26. The van der Waals surface area contributed by atoms with Crippen molar-refractivity contribution in [3.05, 3.63) is 71.4 Å². The minimum Gasteiger partial charge on any atom is -0.496 e. The molecule has 3 aliphatic rings. The number of carbonyl (C=O) groups excluding carboxylic acids is 1. The first-order chi connectivity index (χ1) is 16.2. The number of hydrogen-bond donors (Lipinski definition) is 0. The van der Waals surface area contributed by atoms with Crippen molar-refractivity contribution in [2.75, 3.05) is 44.2 Å². The van der Waals surface area contributed by atoms with Gasteiger partial charge in [0.1, 0.15) is 6.10 Å². The van der Waals surface area contributed by atoms with Crippen LogP contribution < -0.4 is 4.90 Å². The molecule has 1 saturated heterocycles. The summed E-state index contributed by atoms with van der Waals surface area (Å²) in [5, 5.41) is 0.664. The van der Waals surface area contributed by atoms with Gasteiger partial charge in [0.2, 0.25) is 0 Å². The first-order valence-corrected chi connectivity index (χ1v) is 12.3. The average Bonchev–Trinajstić information content (AvgIpc) is 2.86. The maximum absolute atomic E-state index is 13.1. The lowest BCUT2D eigenvalue weighted by Crippen LogP contribution is -2.47. The van der Waals surface area contributed by atoms with Crippen molar-refractivity contribution in [3.8, 4) is 0 Å². The van der Waals surface area contributed by atoms with Gasteiger partial charge in [-0.1, -0.05) is 41.9 Å². The summed E-state index contributed by atoms with van der Waals surface area (Å²) in [6, 6.07) is 18.0. The molecule has 0 radical (unpaired) electrons. The Labute approximate surface area is 200 Å². The summed E-state index contributed by atoms with van der Waals surface area (Å²) in [6.07, 6.45) is 4.22. The molecule has 2 heterocycles. The molecule has 1 aliphatic carbocycles. The Morgan fingerprint density at radius 2 is 1.73 bits per heavy atom. The molecule has 3 atom stereocenters. The van der Waals surface area contributed by atoms with Crippen LogP contribution in [0.2, 0.25) is 5.02 Å². The number of para-hydroxylation sites is 1. The predicted octanol–water partition coefficient (Wildman–Crippen LogP) is 4.66. The van der Waals surface area contributed by atoms with Gasteiger partial charge >= 0.3 is 0 Å². The highest BCUT2D eigenvalue weighted by atomic mass is 35.5. The zero-order valence-corrected chi connectivity index (χ0v) is 19.6. The summed E-state index contributed by atoms with van der Waals surface area (Å²) in [7, 11) is 0. The van der Waals surface area contributed by atoms with Crippen LogP contribution in [0.15, 0.2) is 60.9 Å². The monoisotopic (exact) mass is 466 g/mol. The van der Waals surface area contributed by atoms with E-state index in [1.165, 1.54) is 5.69 Å². The molecule has 0 aromatic heterocycles. The van der Waals surface area contributed by atoms with Gasteiger partial charge in [0.25, 0.3) is 0 Å². The number of ketones is 1. The number of carbonyl (C=O) groups is 1. The van der Waals surface area contributed by atoms with Gasteiger partial charge < -0.3 is 14.4 Å². The number of hydrogen-bond acceptors (Lipinski definition) is 5. The molecule has 33 heavy (non-hydrogen) atoms. The van der Waals surface area contributed by atoms with Gasteiger partial charge in [0.05, 0.1) is 30.5 Å². The fourth-order valence-corrected chi connectivity index (χ4v) is 5.29. The molecule has 5 nitrogen and oxygen atoms in total. The first kappa shape index (κ1) is 22.5. The Kier molecular flexibility index (Phi) is 7.00. The number of allylic oxidation sites excluding steroid dienone is 1. The van der Waals surface area contributed by atoms with E-state index in [4.69, 9.17) is 21.1 Å².